The van der Waals surface area contributed by atoms with Gasteiger partial charge in [0.1, 0.15) is 12.1 Å². The van der Waals surface area contributed by atoms with Gasteiger partial charge in [-0.05, 0) is 54.8 Å². The number of anilines is 1. The first-order valence-corrected chi connectivity index (χ1v) is 13.2. The number of hydrogen-bond acceptors (Lipinski definition) is 3. The smallest absolute Gasteiger partial charge is 0.332 e. The normalized spacial score (nSPS) is 19.4. The molecule has 0 radical (unpaired) electrons. The van der Waals surface area contributed by atoms with E-state index in [0.717, 1.165) is 34.1 Å². The third kappa shape index (κ3) is 3.77. The summed E-state index contributed by atoms with van der Waals surface area (Å²) in [4.78, 5) is 47.6. The van der Waals surface area contributed by atoms with Gasteiger partial charge in [0.15, 0.2) is 0 Å². The first-order chi connectivity index (χ1) is 18.4. The summed E-state index contributed by atoms with van der Waals surface area (Å²) in [5.74, 6) is -0.662. The number of rotatable bonds is 5. The van der Waals surface area contributed by atoms with Gasteiger partial charge in [-0.25, -0.2) is 9.69 Å². The minimum Gasteiger partial charge on any atom is -0.356 e. The fourth-order valence-corrected chi connectivity index (χ4v) is 5.78. The maximum absolute atomic E-state index is 14.1. The van der Waals surface area contributed by atoms with E-state index in [0.29, 0.717) is 11.4 Å². The van der Waals surface area contributed by atoms with Crippen LogP contribution in [0.4, 0.5) is 10.5 Å². The highest BCUT2D eigenvalue weighted by molar-refractivity contribution is 6.30. The Balaban J connectivity index is 1.48. The number of halogens is 1. The number of imide groups is 1. The summed E-state index contributed by atoms with van der Waals surface area (Å²) >= 11 is 6.38. The van der Waals surface area contributed by atoms with Crippen molar-refractivity contribution >= 4 is 46.0 Å². The van der Waals surface area contributed by atoms with E-state index in [-0.39, 0.29) is 29.1 Å². The third-order valence-electron chi connectivity index (χ3n) is 7.59. The molecular weight excluding hydrogens is 500 g/mol. The Bertz CT molecular complexity index is 1600. The molecule has 3 heterocycles. The Morgan fingerprint density at radius 2 is 1.84 bits per heavy atom. The highest BCUT2D eigenvalue weighted by atomic mass is 35.5. The summed E-state index contributed by atoms with van der Waals surface area (Å²) in [6.45, 7) is 3.90. The Morgan fingerprint density at radius 1 is 1.08 bits per heavy atom. The molecule has 3 unspecified atom stereocenters. The molecule has 2 aliphatic heterocycles. The number of nitrogens with zero attached hydrogens (tertiary/aromatic N) is 2. The van der Waals surface area contributed by atoms with Crippen molar-refractivity contribution < 1.29 is 14.4 Å². The van der Waals surface area contributed by atoms with Crippen LogP contribution in [0.1, 0.15) is 53.5 Å². The molecule has 2 N–H and O–H groups in total. The number of para-hydroxylation sites is 2. The largest absolute Gasteiger partial charge is 0.356 e. The average molecular weight is 527 g/mol. The van der Waals surface area contributed by atoms with Crippen molar-refractivity contribution in [3.63, 3.8) is 0 Å². The van der Waals surface area contributed by atoms with E-state index in [9.17, 15) is 14.4 Å². The second kappa shape index (κ2) is 9.33. The minimum atomic E-state index is -0.719. The van der Waals surface area contributed by atoms with Crippen LogP contribution < -0.4 is 10.2 Å². The molecule has 1 aromatic heterocycles. The van der Waals surface area contributed by atoms with Crippen molar-refractivity contribution in [1.29, 1.82) is 0 Å². The maximum Gasteiger partial charge on any atom is 0.332 e. The quantitative estimate of drug-likeness (QED) is 0.321. The number of fused-ring (bicyclic) bond motifs is 4. The fraction of sp³-hybridized carbons (Fsp3) is 0.233. The lowest BCUT2D eigenvalue weighted by molar-refractivity contribution is -0.120. The van der Waals surface area contributed by atoms with E-state index in [2.05, 4.69) is 10.3 Å². The number of H-pyrrole nitrogens is 1. The van der Waals surface area contributed by atoms with Crippen LogP contribution in [0.5, 0.6) is 0 Å². The fourth-order valence-electron chi connectivity index (χ4n) is 5.58. The molecule has 0 bridgehead atoms. The van der Waals surface area contributed by atoms with Gasteiger partial charge < -0.3 is 10.3 Å². The summed E-state index contributed by atoms with van der Waals surface area (Å²) in [5.41, 5.74) is 4.22. The number of benzene rings is 3. The molecule has 3 aromatic carbocycles. The summed E-state index contributed by atoms with van der Waals surface area (Å²) in [5, 5.41) is 4.53. The lowest BCUT2D eigenvalue weighted by Crippen LogP contribution is -2.44. The van der Waals surface area contributed by atoms with Crippen LogP contribution >= 0.6 is 11.6 Å². The number of urea groups is 1. The first-order valence-electron chi connectivity index (χ1n) is 12.8. The van der Waals surface area contributed by atoms with E-state index in [1.54, 1.807) is 35.2 Å². The van der Waals surface area contributed by atoms with Crippen molar-refractivity contribution in [1.82, 2.24) is 15.2 Å². The van der Waals surface area contributed by atoms with Gasteiger partial charge >= 0.3 is 6.03 Å². The standard InChI is InChI=1S/C30H27ClN4O3/c1-3-17(2)32-28(36)21-12-5-7-14-24(21)35-29(37)25-16-22-20-11-4-6-13-23(20)33-26(22)27(34(25)30(35)38)18-9-8-10-19(31)15-18/h4-15,17,25,27,33H,3,16H2,1-2H3,(H,32,36). The van der Waals surface area contributed by atoms with Gasteiger partial charge in [-0.3, -0.25) is 14.5 Å². The molecule has 1 saturated heterocycles. The number of aromatic amines is 1. The lowest BCUT2D eigenvalue weighted by atomic mass is 9.89. The topological polar surface area (TPSA) is 85.5 Å². The molecule has 6 rings (SSSR count). The average Bonchev–Trinajstić information content (AvgIpc) is 3.41. The molecule has 38 heavy (non-hydrogen) atoms. The molecule has 0 spiro atoms. The summed E-state index contributed by atoms with van der Waals surface area (Å²) in [6, 6.07) is 20.3. The molecule has 0 saturated carbocycles. The van der Waals surface area contributed by atoms with Crippen LogP contribution in [-0.2, 0) is 11.2 Å². The molecular formula is C30H27ClN4O3. The summed E-state index contributed by atoms with van der Waals surface area (Å²) < 4.78 is 0. The van der Waals surface area contributed by atoms with Crippen molar-refractivity contribution in [3.8, 4) is 0 Å². The molecule has 1 fully saturated rings. The first kappa shape index (κ1) is 24.2. The molecule has 0 aliphatic carbocycles. The second-order valence-corrected chi connectivity index (χ2v) is 10.3. The van der Waals surface area contributed by atoms with Gasteiger partial charge in [-0.2, -0.15) is 0 Å². The highest BCUT2D eigenvalue weighted by Gasteiger charge is 2.53. The van der Waals surface area contributed by atoms with Gasteiger partial charge in [0.2, 0.25) is 0 Å². The predicted octanol–water partition coefficient (Wildman–Crippen LogP) is 5.83. The number of amides is 4. The van der Waals surface area contributed by atoms with Crippen LogP contribution in [0, 0.1) is 0 Å². The Labute approximate surface area is 225 Å². The van der Waals surface area contributed by atoms with Crippen molar-refractivity contribution in [2.75, 3.05) is 4.90 Å². The number of nitrogens with one attached hydrogen (secondary N) is 2. The number of aromatic nitrogens is 1. The summed E-state index contributed by atoms with van der Waals surface area (Å²) in [6.07, 6.45) is 1.14. The number of hydrogen-bond donors (Lipinski definition) is 2. The Kier molecular flexibility index (Phi) is 5.95. The SMILES string of the molecule is CCC(C)NC(=O)c1ccccc1N1C(=O)C2Cc3c([nH]c4ccccc34)C(c3cccc(Cl)c3)N2C1=O. The monoisotopic (exact) mass is 526 g/mol. The summed E-state index contributed by atoms with van der Waals surface area (Å²) in [7, 11) is 0. The molecule has 2 aliphatic rings. The van der Waals surface area contributed by atoms with E-state index < -0.39 is 18.1 Å². The van der Waals surface area contributed by atoms with E-state index in [4.69, 9.17) is 11.6 Å². The second-order valence-electron chi connectivity index (χ2n) is 9.90. The lowest BCUT2D eigenvalue weighted by Gasteiger charge is -2.36. The van der Waals surface area contributed by atoms with Crippen molar-refractivity contribution in [2.45, 2.75) is 44.8 Å². The Hall–Kier alpha value is -4.10. The van der Waals surface area contributed by atoms with Crippen LogP contribution in [0.2, 0.25) is 5.02 Å². The minimum absolute atomic E-state index is 0.0441. The highest BCUT2D eigenvalue weighted by Crippen LogP contribution is 2.45. The van der Waals surface area contributed by atoms with E-state index >= 15 is 0 Å². The van der Waals surface area contributed by atoms with E-state index in [1.807, 2.05) is 56.3 Å². The van der Waals surface area contributed by atoms with Gasteiger partial charge in [0.25, 0.3) is 11.8 Å². The van der Waals surface area contributed by atoms with Crippen LogP contribution in [0.15, 0.2) is 72.8 Å². The maximum atomic E-state index is 14.1. The Morgan fingerprint density at radius 3 is 2.63 bits per heavy atom. The van der Waals surface area contributed by atoms with E-state index in [1.165, 1.54) is 4.90 Å². The number of carbonyl (C=O) groups excluding carboxylic acids is 3. The van der Waals surface area contributed by atoms with Crippen molar-refractivity contribution in [2.24, 2.45) is 0 Å². The zero-order chi connectivity index (χ0) is 26.6. The molecule has 8 heteroatoms. The number of carbonyl (C=O) groups is 3. The third-order valence-corrected chi connectivity index (χ3v) is 7.83. The zero-order valence-corrected chi connectivity index (χ0v) is 21.8. The van der Waals surface area contributed by atoms with Crippen LogP contribution in [-0.4, -0.2) is 39.8 Å². The van der Waals surface area contributed by atoms with Gasteiger partial charge in [-0.1, -0.05) is 61.0 Å². The van der Waals surface area contributed by atoms with Gasteiger partial charge in [0.05, 0.1) is 11.3 Å². The molecule has 7 nitrogen and oxygen atoms in total. The van der Waals surface area contributed by atoms with Crippen molar-refractivity contribution in [3.05, 3.63) is 100 Å². The van der Waals surface area contributed by atoms with Gasteiger partial charge in [-0.15, -0.1) is 0 Å². The predicted molar refractivity (Wildman–Crippen MR) is 147 cm³/mol. The molecule has 4 aromatic rings. The molecule has 192 valence electrons. The zero-order valence-electron chi connectivity index (χ0n) is 21.1. The molecule has 3 atom stereocenters. The van der Waals surface area contributed by atoms with Crippen LogP contribution in [0.3, 0.4) is 0 Å². The van der Waals surface area contributed by atoms with Gasteiger partial charge in [0, 0.05) is 34.1 Å². The molecule has 4 amide bonds. The van der Waals surface area contributed by atoms with Crippen LogP contribution in [0.25, 0.3) is 10.9 Å².